The van der Waals surface area contributed by atoms with Crippen molar-refractivity contribution in [2.45, 2.75) is 251 Å². The lowest BCUT2D eigenvalue weighted by Crippen LogP contribution is -2.01. The van der Waals surface area contributed by atoms with Gasteiger partial charge in [-0.3, -0.25) is 0 Å². The first kappa shape index (κ1) is 41.0. The summed E-state index contributed by atoms with van der Waals surface area (Å²) in [6, 6.07) is 0. The minimum atomic E-state index is 1.02. The van der Waals surface area contributed by atoms with Crippen molar-refractivity contribution < 1.29 is 0 Å². The molecule has 0 unspecified atom stereocenters. The van der Waals surface area contributed by atoms with Crippen LogP contribution in [0.1, 0.15) is 251 Å². The second kappa shape index (κ2) is 38.0. The first-order valence-electron chi connectivity index (χ1n) is 20.1. The molecule has 0 nitrogen and oxygen atoms in total. The molecule has 1 radical (unpaired) electrons. The summed E-state index contributed by atoms with van der Waals surface area (Å²) >= 11 is 0. The van der Waals surface area contributed by atoms with Crippen molar-refractivity contribution in [2.24, 2.45) is 5.92 Å². The van der Waals surface area contributed by atoms with E-state index in [9.17, 15) is 0 Å². The van der Waals surface area contributed by atoms with Gasteiger partial charge in [-0.05, 0) is 5.92 Å². The van der Waals surface area contributed by atoms with E-state index in [0.717, 1.165) is 12.3 Å². The normalized spacial score (nSPS) is 11.7. The molecule has 0 aliphatic heterocycles. The molecular weight excluding hydrogens is 492 g/mol. The van der Waals surface area contributed by atoms with Gasteiger partial charge in [0.2, 0.25) is 0 Å². The topological polar surface area (TPSA) is 0 Å². The van der Waals surface area contributed by atoms with Crippen LogP contribution in [-0.2, 0) is 0 Å². The van der Waals surface area contributed by atoms with Gasteiger partial charge in [-0.2, -0.15) is 0 Å². The predicted molar refractivity (Wildman–Crippen MR) is 191 cm³/mol. The van der Waals surface area contributed by atoms with Crippen molar-refractivity contribution >= 4 is 0 Å². The maximum Gasteiger partial charge on any atom is -0.0414 e. The van der Waals surface area contributed by atoms with Crippen LogP contribution in [0, 0.1) is 12.8 Å². The Kier molecular flexibility index (Phi) is 38.0. The summed E-state index contributed by atoms with van der Waals surface area (Å²) in [5.41, 5.74) is 0. The maximum absolute atomic E-state index is 4.05. The minimum absolute atomic E-state index is 1.02. The van der Waals surface area contributed by atoms with Crippen molar-refractivity contribution in [1.82, 2.24) is 0 Å². The molecule has 41 heavy (non-hydrogen) atoms. The molecule has 0 saturated heterocycles. The second-order valence-corrected chi connectivity index (χ2v) is 14.0. The van der Waals surface area contributed by atoms with Gasteiger partial charge in [0, 0.05) is 0 Å². The smallest absolute Gasteiger partial charge is 0.0414 e. The van der Waals surface area contributed by atoms with E-state index in [1.54, 1.807) is 0 Å². The number of unbranched alkanes of at least 4 members (excludes halogenated alkanes) is 31. The van der Waals surface area contributed by atoms with Gasteiger partial charge in [0.25, 0.3) is 0 Å². The molecule has 0 spiro atoms. The molecule has 0 amide bonds. The first-order valence-corrected chi connectivity index (χ1v) is 20.1. The predicted octanol–water partition coefficient (Wildman–Crippen LogP) is 15.9. The van der Waals surface area contributed by atoms with Gasteiger partial charge in [-0.1, -0.05) is 258 Å². The van der Waals surface area contributed by atoms with Crippen molar-refractivity contribution in [1.29, 1.82) is 0 Å². The summed E-state index contributed by atoms with van der Waals surface area (Å²) in [4.78, 5) is 0. The summed E-state index contributed by atoms with van der Waals surface area (Å²) in [6.07, 6.45) is 54.1. The lowest BCUT2D eigenvalue weighted by molar-refractivity contribution is 0.366. The maximum atomic E-state index is 4.05. The molecule has 0 rings (SSSR count). The molecule has 0 aliphatic carbocycles. The average molecular weight is 576 g/mol. The Morgan fingerprint density at radius 2 is 0.463 bits per heavy atom. The van der Waals surface area contributed by atoms with Crippen LogP contribution < -0.4 is 0 Å². The SMILES string of the molecule is [CH2]CCCCCC(CCCCCCCCCCCCCCCCC)CCCCCCCCCCCCCCCCC. The Morgan fingerprint density at radius 3 is 0.683 bits per heavy atom. The van der Waals surface area contributed by atoms with Gasteiger partial charge >= 0.3 is 0 Å². The molecule has 0 aromatic rings. The number of hydrogen-bond donors (Lipinski definition) is 0. The molecule has 0 aromatic carbocycles. The van der Waals surface area contributed by atoms with Crippen LogP contribution in [0.25, 0.3) is 0 Å². The van der Waals surface area contributed by atoms with Crippen LogP contribution >= 0.6 is 0 Å². The molecule has 247 valence electrons. The second-order valence-electron chi connectivity index (χ2n) is 14.0. The average Bonchev–Trinajstić information content (AvgIpc) is 2.98. The summed E-state index contributed by atoms with van der Waals surface area (Å²) in [7, 11) is 0. The Bertz CT molecular complexity index is 392. The minimum Gasteiger partial charge on any atom is -0.0654 e. The molecule has 0 heteroatoms. The highest BCUT2D eigenvalue weighted by molar-refractivity contribution is 4.62. The van der Waals surface area contributed by atoms with E-state index < -0.39 is 0 Å². The zero-order chi connectivity index (χ0) is 29.7. The third-order valence-electron chi connectivity index (χ3n) is 9.79. The van der Waals surface area contributed by atoms with Crippen molar-refractivity contribution in [3.63, 3.8) is 0 Å². The van der Waals surface area contributed by atoms with Crippen LogP contribution in [0.2, 0.25) is 0 Å². The molecule has 0 saturated carbocycles. The Labute approximate surface area is 263 Å². The summed E-state index contributed by atoms with van der Waals surface area (Å²) in [6.45, 7) is 8.67. The number of hydrogen-bond acceptors (Lipinski definition) is 0. The summed E-state index contributed by atoms with van der Waals surface area (Å²) in [5.74, 6) is 1.02. The Morgan fingerprint density at radius 1 is 0.268 bits per heavy atom. The van der Waals surface area contributed by atoms with Crippen LogP contribution in [0.15, 0.2) is 0 Å². The Balaban J connectivity index is 3.61. The van der Waals surface area contributed by atoms with Crippen molar-refractivity contribution in [3.8, 4) is 0 Å². The molecular formula is C41H83. The van der Waals surface area contributed by atoms with Gasteiger partial charge in [-0.25, -0.2) is 0 Å². The summed E-state index contributed by atoms with van der Waals surface area (Å²) < 4.78 is 0. The third-order valence-corrected chi connectivity index (χ3v) is 9.79. The quantitative estimate of drug-likeness (QED) is 0.0646. The third kappa shape index (κ3) is 36.1. The zero-order valence-electron chi connectivity index (χ0n) is 29.4. The van der Waals surface area contributed by atoms with E-state index in [2.05, 4.69) is 20.8 Å². The molecule has 0 bridgehead atoms. The van der Waals surface area contributed by atoms with E-state index >= 15 is 0 Å². The van der Waals surface area contributed by atoms with Crippen LogP contribution in [0.3, 0.4) is 0 Å². The van der Waals surface area contributed by atoms with Crippen LogP contribution in [-0.4, -0.2) is 0 Å². The standard InChI is InChI=1S/C41H83/c1-4-7-10-13-15-17-19-21-23-25-27-29-31-33-36-39-41(38-35-12-9-6-3)40-37-34-32-30-28-26-24-22-20-18-16-14-11-8-5-2/h41H,3-40H2,1-2H3. The molecule has 0 heterocycles. The Hall–Kier alpha value is 0. The van der Waals surface area contributed by atoms with E-state index in [4.69, 9.17) is 0 Å². The number of rotatable bonds is 37. The van der Waals surface area contributed by atoms with Gasteiger partial charge < -0.3 is 0 Å². The highest BCUT2D eigenvalue weighted by Crippen LogP contribution is 2.25. The van der Waals surface area contributed by atoms with Gasteiger partial charge in [0.1, 0.15) is 0 Å². The van der Waals surface area contributed by atoms with Crippen molar-refractivity contribution in [2.75, 3.05) is 0 Å². The van der Waals surface area contributed by atoms with Gasteiger partial charge in [-0.15, -0.1) is 0 Å². The van der Waals surface area contributed by atoms with E-state index in [-0.39, 0.29) is 0 Å². The van der Waals surface area contributed by atoms with Gasteiger partial charge in [0.15, 0.2) is 0 Å². The van der Waals surface area contributed by atoms with E-state index in [1.165, 1.54) is 231 Å². The van der Waals surface area contributed by atoms with Gasteiger partial charge in [0.05, 0.1) is 0 Å². The molecule has 0 N–H and O–H groups in total. The highest BCUT2D eigenvalue weighted by atomic mass is 14.1. The summed E-state index contributed by atoms with van der Waals surface area (Å²) in [5, 5.41) is 0. The fraction of sp³-hybridized carbons (Fsp3) is 0.976. The lowest BCUT2D eigenvalue weighted by Gasteiger charge is -2.17. The fourth-order valence-corrected chi connectivity index (χ4v) is 6.83. The van der Waals surface area contributed by atoms with Crippen molar-refractivity contribution in [3.05, 3.63) is 6.92 Å². The first-order chi connectivity index (χ1) is 20.3. The van der Waals surface area contributed by atoms with Crippen LogP contribution in [0.5, 0.6) is 0 Å². The van der Waals surface area contributed by atoms with E-state index in [0.29, 0.717) is 0 Å². The monoisotopic (exact) mass is 576 g/mol. The molecule has 0 fully saturated rings. The largest absolute Gasteiger partial charge is 0.0654 e. The fourth-order valence-electron chi connectivity index (χ4n) is 6.83. The van der Waals surface area contributed by atoms with Crippen LogP contribution in [0.4, 0.5) is 0 Å². The highest BCUT2D eigenvalue weighted by Gasteiger charge is 2.09. The van der Waals surface area contributed by atoms with E-state index in [1.807, 2.05) is 0 Å². The zero-order valence-corrected chi connectivity index (χ0v) is 29.4. The molecule has 0 atom stereocenters. The lowest BCUT2D eigenvalue weighted by atomic mass is 9.89. The molecule has 0 aliphatic rings. The molecule has 0 aromatic heterocycles.